The lowest BCUT2D eigenvalue weighted by Crippen LogP contribution is -2.46. The molecule has 128 valence electrons. The maximum Gasteiger partial charge on any atom is 0.191 e. The van der Waals surface area contributed by atoms with Crippen molar-refractivity contribution in [1.29, 1.82) is 0 Å². The summed E-state index contributed by atoms with van der Waals surface area (Å²) in [5.41, 5.74) is 0. The SMILES string of the molecule is CCSC1CCCC(NC(=NC)NCC2CCS(=O)(=O)C2)C1. The molecule has 3 unspecified atom stereocenters. The Morgan fingerprint density at radius 3 is 2.77 bits per heavy atom. The third-order valence-electron chi connectivity index (χ3n) is 4.48. The molecule has 2 rings (SSSR count). The quantitative estimate of drug-likeness (QED) is 0.584. The lowest BCUT2D eigenvalue weighted by atomic mass is 9.95. The van der Waals surface area contributed by atoms with Crippen LogP contribution in [-0.2, 0) is 9.84 Å². The zero-order valence-corrected chi connectivity index (χ0v) is 15.3. The van der Waals surface area contributed by atoms with Crippen LogP contribution in [0.15, 0.2) is 4.99 Å². The van der Waals surface area contributed by atoms with Crippen molar-refractivity contribution in [1.82, 2.24) is 10.6 Å². The fourth-order valence-electron chi connectivity index (χ4n) is 3.33. The molecule has 2 fully saturated rings. The molecule has 7 heteroatoms. The van der Waals surface area contributed by atoms with Gasteiger partial charge in [0.1, 0.15) is 0 Å². The minimum Gasteiger partial charge on any atom is -0.356 e. The molecule has 0 aromatic carbocycles. The molecule has 3 atom stereocenters. The van der Waals surface area contributed by atoms with E-state index in [2.05, 4.69) is 34.3 Å². The fourth-order valence-corrected chi connectivity index (χ4v) is 6.36. The molecule has 1 heterocycles. The zero-order chi connectivity index (χ0) is 16.0. The number of thioether (sulfide) groups is 1. The second-order valence-corrected chi connectivity index (χ2v) is 10.1. The Labute approximate surface area is 139 Å². The van der Waals surface area contributed by atoms with Crippen molar-refractivity contribution in [3.8, 4) is 0 Å². The Balaban J connectivity index is 1.75. The van der Waals surface area contributed by atoms with E-state index >= 15 is 0 Å². The first-order chi connectivity index (χ1) is 10.5. The van der Waals surface area contributed by atoms with Gasteiger partial charge in [-0.05, 0) is 37.4 Å². The number of aliphatic imine (C=N–C) groups is 1. The van der Waals surface area contributed by atoms with Crippen LogP contribution in [0.2, 0.25) is 0 Å². The first-order valence-electron chi connectivity index (χ1n) is 8.31. The van der Waals surface area contributed by atoms with E-state index in [4.69, 9.17) is 0 Å². The molecule has 0 amide bonds. The molecule has 0 radical (unpaired) electrons. The average molecular weight is 348 g/mol. The summed E-state index contributed by atoms with van der Waals surface area (Å²) in [6.07, 6.45) is 5.75. The van der Waals surface area contributed by atoms with Crippen molar-refractivity contribution < 1.29 is 8.42 Å². The molecule has 22 heavy (non-hydrogen) atoms. The summed E-state index contributed by atoms with van der Waals surface area (Å²) in [7, 11) is -1.01. The van der Waals surface area contributed by atoms with Crippen LogP contribution in [0.4, 0.5) is 0 Å². The highest BCUT2D eigenvalue weighted by molar-refractivity contribution is 7.99. The molecule has 2 aliphatic rings. The summed E-state index contributed by atoms with van der Waals surface area (Å²) in [5, 5.41) is 7.58. The third kappa shape index (κ3) is 5.65. The predicted octanol–water partition coefficient (Wildman–Crippen LogP) is 1.65. The molecule has 0 spiro atoms. The summed E-state index contributed by atoms with van der Waals surface area (Å²) >= 11 is 2.06. The molecule has 1 aliphatic carbocycles. The highest BCUT2D eigenvalue weighted by Gasteiger charge is 2.28. The molecular formula is C15H29N3O2S2. The van der Waals surface area contributed by atoms with E-state index in [1.807, 2.05) is 0 Å². The summed E-state index contributed by atoms with van der Waals surface area (Å²) in [6.45, 7) is 2.91. The molecule has 1 saturated heterocycles. The highest BCUT2D eigenvalue weighted by Crippen LogP contribution is 2.28. The summed E-state index contributed by atoms with van der Waals surface area (Å²) in [5.74, 6) is 2.87. The van der Waals surface area contributed by atoms with Crippen LogP contribution in [0.25, 0.3) is 0 Å². The zero-order valence-electron chi connectivity index (χ0n) is 13.7. The van der Waals surface area contributed by atoms with Crippen LogP contribution in [0.3, 0.4) is 0 Å². The largest absolute Gasteiger partial charge is 0.356 e. The van der Waals surface area contributed by atoms with Gasteiger partial charge >= 0.3 is 0 Å². The number of rotatable bonds is 5. The van der Waals surface area contributed by atoms with Gasteiger partial charge in [0.2, 0.25) is 0 Å². The van der Waals surface area contributed by atoms with Crippen molar-refractivity contribution in [2.75, 3.05) is 30.9 Å². The average Bonchev–Trinajstić information content (AvgIpc) is 2.83. The molecule has 0 bridgehead atoms. The van der Waals surface area contributed by atoms with E-state index in [1.165, 1.54) is 31.4 Å². The molecule has 0 aromatic rings. The second kappa shape index (κ2) is 8.43. The smallest absolute Gasteiger partial charge is 0.191 e. The predicted molar refractivity (Wildman–Crippen MR) is 95.4 cm³/mol. The van der Waals surface area contributed by atoms with Crippen LogP contribution in [0.1, 0.15) is 39.0 Å². The van der Waals surface area contributed by atoms with Crippen LogP contribution in [0.5, 0.6) is 0 Å². The van der Waals surface area contributed by atoms with E-state index in [-0.39, 0.29) is 5.92 Å². The van der Waals surface area contributed by atoms with Gasteiger partial charge in [0.15, 0.2) is 15.8 Å². The molecule has 5 nitrogen and oxygen atoms in total. The van der Waals surface area contributed by atoms with Crippen molar-refractivity contribution in [2.45, 2.75) is 50.3 Å². The summed E-state index contributed by atoms with van der Waals surface area (Å²) in [6, 6.07) is 0.483. The first kappa shape index (κ1) is 17.9. The van der Waals surface area contributed by atoms with Gasteiger partial charge in [0.25, 0.3) is 0 Å². The standard InChI is InChI=1S/C15H29N3O2S2/c1-3-21-14-6-4-5-13(9-14)18-15(16-2)17-10-12-7-8-22(19,20)11-12/h12-14H,3-11H2,1-2H3,(H2,16,17,18). The van der Waals surface area contributed by atoms with Crippen molar-refractivity contribution in [2.24, 2.45) is 10.9 Å². The van der Waals surface area contributed by atoms with Crippen molar-refractivity contribution >= 4 is 27.6 Å². The van der Waals surface area contributed by atoms with Gasteiger partial charge in [0.05, 0.1) is 11.5 Å². The summed E-state index contributed by atoms with van der Waals surface area (Å²) < 4.78 is 23.0. The number of guanidine groups is 1. The van der Waals surface area contributed by atoms with Crippen molar-refractivity contribution in [3.05, 3.63) is 0 Å². The van der Waals surface area contributed by atoms with E-state index in [9.17, 15) is 8.42 Å². The minimum atomic E-state index is -2.79. The van der Waals surface area contributed by atoms with Crippen LogP contribution in [-0.4, -0.2) is 56.5 Å². The van der Waals surface area contributed by atoms with Crippen LogP contribution >= 0.6 is 11.8 Å². The van der Waals surface area contributed by atoms with E-state index in [0.717, 1.165) is 17.6 Å². The first-order valence-corrected chi connectivity index (χ1v) is 11.2. The van der Waals surface area contributed by atoms with Gasteiger partial charge in [-0.25, -0.2) is 8.42 Å². The van der Waals surface area contributed by atoms with E-state index < -0.39 is 9.84 Å². The number of nitrogens with zero attached hydrogens (tertiary/aromatic N) is 1. The number of hydrogen-bond acceptors (Lipinski definition) is 4. The van der Waals surface area contributed by atoms with E-state index in [1.54, 1.807) is 7.05 Å². The number of hydrogen-bond donors (Lipinski definition) is 2. The molecule has 1 aliphatic heterocycles. The summed E-state index contributed by atoms with van der Waals surface area (Å²) in [4.78, 5) is 4.29. The van der Waals surface area contributed by atoms with Crippen molar-refractivity contribution in [3.63, 3.8) is 0 Å². The lowest BCUT2D eigenvalue weighted by molar-refractivity contribution is 0.417. The van der Waals surface area contributed by atoms with Gasteiger partial charge in [-0.3, -0.25) is 4.99 Å². The Morgan fingerprint density at radius 2 is 2.14 bits per heavy atom. The molecular weight excluding hydrogens is 318 g/mol. The fraction of sp³-hybridized carbons (Fsp3) is 0.933. The Bertz CT molecular complexity index is 477. The third-order valence-corrected chi connectivity index (χ3v) is 7.55. The van der Waals surface area contributed by atoms with Gasteiger partial charge < -0.3 is 10.6 Å². The van der Waals surface area contributed by atoms with E-state index in [0.29, 0.717) is 24.1 Å². The Hall–Kier alpha value is -0.430. The minimum absolute atomic E-state index is 0.221. The molecule has 1 saturated carbocycles. The van der Waals surface area contributed by atoms with Crippen LogP contribution in [0, 0.1) is 5.92 Å². The Morgan fingerprint density at radius 1 is 1.32 bits per heavy atom. The van der Waals surface area contributed by atoms with Crippen LogP contribution < -0.4 is 10.6 Å². The second-order valence-electron chi connectivity index (χ2n) is 6.31. The lowest BCUT2D eigenvalue weighted by Gasteiger charge is -2.30. The number of nitrogens with one attached hydrogen (secondary N) is 2. The Kier molecular flexibility index (Phi) is 6.87. The maximum absolute atomic E-state index is 11.5. The topological polar surface area (TPSA) is 70.6 Å². The van der Waals surface area contributed by atoms with Gasteiger partial charge in [-0.15, -0.1) is 0 Å². The van der Waals surface area contributed by atoms with Gasteiger partial charge in [0, 0.05) is 24.9 Å². The van der Waals surface area contributed by atoms with Gasteiger partial charge in [-0.1, -0.05) is 13.3 Å². The number of sulfone groups is 1. The maximum atomic E-state index is 11.5. The molecule has 0 aromatic heterocycles. The normalized spacial score (nSPS) is 31.9. The monoisotopic (exact) mass is 347 g/mol. The highest BCUT2D eigenvalue weighted by atomic mass is 32.2. The molecule has 2 N–H and O–H groups in total. The van der Waals surface area contributed by atoms with Gasteiger partial charge in [-0.2, -0.15) is 11.8 Å².